The summed E-state index contributed by atoms with van der Waals surface area (Å²) in [6, 6.07) is 16.5. The fourth-order valence-electron chi connectivity index (χ4n) is 4.72. The molecule has 0 aliphatic heterocycles. The van der Waals surface area contributed by atoms with Crippen LogP contribution in [0.15, 0.2) is 48.5 Å². The largest absolute Gasteiger partial charge is 0.352 e. The zero-order valence-corrected chi connectivity index (χ0v) is 20.8. The summed E-state index contributed by atoms with van der Waals surface area (Å²) in [5.41, 5.74) is 4.71. The van der Waals surface area contributed by atoms with Crippen LogP contribution in [-0.2, 0) is 22.6 Å². The van der Waals surface area contributed by atoms with Crippen LogP contribution in [0.1, 0.15) is 87.5 Å². The van der Waals surface area contributed by atoms with Crippen LogP contribution in [0.3, 0.4) is 0 Å². The molecule has 0 heterocycles. The van der Waals surface area contributed by atoms with E-state index in [9.17, 15) is 9.59 Å². The molecule has 1 N–H and O–H groups in total. The minimum absolute atomic E-state index is 0.00683. The number of carbonyl (C=O) groups excluding carboxylic acids is 2. The van der Waals surface area contributed by atoms with Gasteiger partial charge in [-0.1, -0.05) is 82.1 Å². The lowest BCUT2D eigenvalue weighted by atomic mass is 9.99. The van der Waals surface area contributed by atoms with Crippen LogP contribution >= 0.6 is 0 Å². The molecule has 1 unspecified atom stereocenters. The van der Waals surface area contributed by atoms with E-state index in [0.717, 1.165) is 29.5 Å². The third kappa shape index (κ3) is 6.93. The Morgan fingerprint density at radius 1 is 1.03 bits per heavy atom. The van der Waals surface area contributed by atoms with E-state index in [4.69, 9.17) is 0 Å². The molecule has 33 heavy (non-hydrogen) atoms. The molecule has 1 aliphatic carbocycles. The van der Waals surface area contributed by atoms with Gasteiger partial charge in [-0.25, -0.2) is 0 Å². The third-order valence-corrected chi connectivity index (χ3v) is 6.96. The summed E-state index contributed by atoms with van der Waals surface area (Å²) in [7, 11) is 0. The van der Waals surface area contributed by atoms with Crippen LogP contribution in [0.4, 0.5) is 0 Å². The smallest absolute Gasteiger partial charge is 0.243 e. The average molecular weight is 449 g/mol. The number of aryl methyl sites for hydroxylation is 2. The van der Waals surface area contributed by atoms with E-state index < -0.39 is 6.04 Å². The summed E-state index contributed by atoms with van der Waals surface area (Å²) in [5, 5.41) is 3.22. The van der Waals surface area contributed by atoms with Crippen molar-refractivity contribution in [2.45, 2.75) is 97.2 Å². The molecular weight excluding hydrogens is 408 g/mol. The second-order valence-electron chi connectivity index (χ2n) is 9.76. The number of amides is 2. The molecule has 178 valence electrons. The fraction of sp³-hybridized carbons (Fsp3) is 0.517. The molecular formula is C29H40N2O2. The first-order valence-corrected chi connectivity index (χ1v) is 12.6. The minimum atomic E-state index is -0.443. The lowest BCUT2D eigenvalue weighted by molar-refractivity contribution is -0.141. The first kappa shape index (κ1) is 25.0. The van der Waals surface area contributed by atoms with E-state index >= 15 is 0 Å². The van der Waals surface area contributed by atoms with Crippen LogP contribution in [-0.4, -0.2) is 28.8 Å². The second-order valence-corrected chi connectivity index (χ2v) is 9.76. The second kappa shape index (κ2) is 12.0. The Bertz CT molecular complexity index is 913. The van der Waals surface area contributed by atoms with Gasteiger partial charge in [-0.05, 0) is 60.8 Å². The lowest BCUT2D eigenvalue weighted by Crippen LogP contribution is -2.51. The maximum absolute atomic E-state index is 13.5. The van der Waals surface area contributed by atoms with E-state index in [-0.39, 0.29) is 17.9 Å². The molecule has 2 amide bonds. The standard InChI is InChI=1S/C29H40N2O2/c1-5-27(29(33)30-26-12-8-9-13-26)31(20-25-11-7-6-10-22(25)4)28(32)19-16-23-14-17-24(18-15-23)21(2)3/h6-7,10-11,14-15,17-18,21,26-27H,5,8-9,12-13,16,19-20H2,1-4H3,(H,30,33). The highest BCUT2D eigenvalue weighted by Gasteiger charge is 2.30. The maximum atomic E-state index is 13.5. The van der Waals surface area contributed by atoms with Crippen molar-refractivity contribution in [3.8, 4) is 0 Å². The van der Waals surface area contributed by atoms with Gasteiger partial charge in [0.1, 0.15) is 6.04 Å². The SMILES string of the molecule is CCC(C(=O)NC1CCCC1)N(Cc1ccccc1C)C(=O)CCc1ccc(C(C)C)cc1. The van der Waals surface area contributed by atoms with Gasteiger partial charge in [0.15, 0.2) is 0 Å². The Kier molecular flexibility index (Phi) is 9.11. The Morgan fingerprint density at radius 3 is 2.30 bits per heavy atom. The van der Waals surface area contributed by atoms with Gasteiger partial charge >= 0.3 is 0 Å². The number of benzene rings is 2. The molecule has 4 nitrogen and oxygen atoms in total. The van der Waals surface area contributed by atoms with E-state index in [0.29, 0.717) is 31.7 Å². The van der Waals surface area contributed by atoms with E-state index in [1.807, 2.05) is 24.0 Å². The predicted octanol–water partition coefficient (Wildman–Crippen LogP) is 5.92. The molecule has 1 aliphatic rings. The van der Waals surface area contributed by atoms with Crippen molar-refractivity contribution in [2.24, 2.45) is 0 Å². The molecule has 0 saturated heterocycles. The topological polar surface area (TPSA) is 49.4 Å². The van der Waals surface area contributed by atoms with E-state index in [2.05, 4.69) is 62.5 Å². The van der Waals surface area contributed by atoms with Crippen LogP contribution in [0, 0.1) is 6.92 Å². The van der Waals surface area contributed by atoms with Crippen molar-refractivity contribution >= 4 is 11.8 Å². The number of hydrogen-bond donors (Lipinski definition) is 1. The molecule has 0 spiro atoms. The van der Waals surface area contributed by atoms with Crippen molar-refractivity contribution in [2.75, 3.05) is 0 Å². The van der Waals surface area contributed by atoms with Crippen molar-refractivity contribution in [1.29, 1.82) is 0 Å². The third-order valence-electron chi connectivity index (χ3n) is 6.96. The van der Waals surface area contributed by atoms with Crippen molar-refractivity contribution in [3.05, 3.63) is 70.8 Å². The van der Waals surface area contributed by atoms with Gasteiger partial charge in [-0.15, -0.1) is 0 Å². The number of hydrogen-bond acceptors (Lipinski definition) is 2. The average Bonchev–Trinajstić information content (AvgIpc) is 3.31. The van der Waals surface area contributed by atoms with Crippen molar-refractivity contribution < 1.29 is 9.59 Å². The summed E-state index contributed by atoms with van der Waals surface area (Å²) in [6.07, 6.45) is 6.12. The van der Waals surface area contributed by atoms with Gasteiger partial charge in [-0.3, -0.25) is 9.59 Å². The van der Waals surface area contributed by atoms with E-state index in [1.165, 1.54) is 18.4 Å². The first-order chi connectivity index (χ1) is 15.9. The van der Waals surface area contributed by atoms with Gasteiger partial charge in [0, 0.05) is 19.0 Å². The van der Waals surface area contributed by atoms with Gasteiger partial charge in [0.25, 0.3) is 0 Å². The monoisotopic (exact) mass is 448 g/mol. The quantitative estimate of drug-likeness (QED) is 0.491. The summed E-state index contributed by atoms with van der Waals surface area (Å²) in [5.74, 6) is 0.529. The molecule has 2 aromatic carbocycles. The van der Waals surface area contributed by atoms with Crippen LogP contribution in [0.25, 0.3) is 0 Å². The minimum Gasteiger partial charge on any atom is -0.352 e. The normalized spacial score (nSPS) is 14.9. The predicted molar refractivity (Wildman–Crippen MR) is 135 cm³/mol. The van der Waals surface area contributed by atoms with Crippen molar-refractivity contribution in [1.82, 2.24) is 10.2 Å². The maximum Gasteiger partial charge on any atom is 0.243 e. The first-order valence-electron chi connectivity index (χ1n) is 12.6. The highest BCUT2D eigenvalue weighted by Crippen LogP contribution is 2.21. The summed E-state index contributed by atoms with van der Waals surface area (Å²) < 4.78 is 0. The van der Waals surface area contributed by atoms with Crippen LogP contribution < -0.4 is 5.32 Å². The van der Waals surface area contributed by atoms with Gasteiger partial charge in [-0.2, -0.15) is 0 Å². The molecule has 3 rings (SSSR count). The Hall–Kier alpha value is -2.62. The molecule has 4 heteroatoms. The molecule has 0 bridgehead atoms. The highest BCUT2D eigenvalue weighted by molar-refractivity contribution is 5.88. The zero-order valence-electron chi connectivity index (χ0n) is 20.8. The Morgan fingerprint density at radius 2 is 1.70 bits per heavy atom. The molecule has 1 fully saturated rings. The van der Waals surface area contributed by atoms with Crippen molar-refractivity contribution in [3.63, 3.8) is 0 Å². The Labute approximate surface area is 199 Å². The summed E-state index contributed by atoms with van der Waals surface area (Å²) in [6.45, 7) is 8.90. The molecule has 1 atom stereocenters. The van der Waals surface area contributed by atoms with E-state index in [1.54, 1.807) is 0 Å². The number of rotatable bonds is 10. The highest BCUT2D eigenvalue weighted by atomic mass is 16.2. The van der Waals surface area contributed by atoms with Gasteiger partial charge in [0.2, 0.25) is 11.8 Å². The summed E-state index contributed by atoms with van der Waals surface area (Å²) >= 11 is 0. The van der Waals surface area contributed by atoms with Gasteiger partial charge < -0.3 is 10.2 Å². The zero-order chi connectivity index (χ0) is 23.8. The molecule has 0 radical (unpaired) electrons. The molecule has 1 saturated carbocycles. The van der Waals surface area contributed by atoms with Crippen LogP contribution in [0.2, 0.25) is 0 Å². The molecule has 0 aromatic heterocycles. The molecule has 2 aromatic rings. The number of carbonyl (C=O) groups is 2. The summed E-state index contributed by atoms with van der Waals surface area (Å²) in [4.78, 5) is 28.5. The number of nitrogens with one attached hydrogen (secondary N) is 1. The van der Waals surface area contributed by atoms with Gasteiger partial charge in [0.05, 0.1) is 0 Å². The van der Waals surface area contributed by atoms with Crippen LogP contribution in [0.5, 0.6) is 0 Å². The fourth-order valence-corrected chi connectivity index (χ4v) is 4.72. The number of nitrogens with zero attached hydrogens (tertiary/aromatic N) is 1. The lowest BCUT2D eigenvalue weighted by Gasteiger charge is -2.32. The Balaban J connectivity index is 1.74.